The van der Waals surface area contributed by atoms with E-state index in [9.17, 15) is 19.7 Å². The summed E-state index contributed by atoms with van der Waals surface area (Å²) in [6.45, 7) is 0. The van der Waals surface area contributed by atoms with Gasteiger partial charge in [-0.3, -0.25) is 19.7 Å². The molecule has 2 amide bonds. The SMILES string of the molecule is COc1ccc(N(C)C(=O)c2cc(C(=O)N(C)c3ccc(OC)cc3)cc([N+](=O)[O-])c2)cc1. The van der Waals surface area contributed by atoms with Crippen molar-refractivity contribution >= 4 is 28.9 Å². The van der Waals surface area contributed by atoms with Gasteiger partial charge >= 0.3 is 0 Å². The second-order valence-corrected chi connectivity index (χ2v) is 7.15. The maximum absolute atomic E-state index is 13.1. The van der Waals surface area contributed by atoms with Gasteiger partial charge in [0.05, 0.1) is 19.1 Å². The summed E-state index contributed by atoms with van der Waals surface area (Å²) >= 11 is 0. The summed E-state index contributed by atoms with van der Waals surface area (Å²) in [7, 11) is 6.17. The minimum absolute atomic E-state index is 0.0222. The molecule has 0 aromatic heterocycles. The molecule has 0 unspecified atom stereocenters. The summed E-state index contributed by atoms with van der Waals surface area (Å²) in [4.78, 5) is 39.7. The minimum Gasteiger partial charge on any atom is -0.497 e. The van der Waals surface area contributed by atoms with Crippen LogP contribution in [0.5, 0.6) is 11.5 Å². The number of methoxy groups -OCH3 is 2. The molecule has 3 rings (SSSR count). The van der Waals surface area contributed by atoms with E-state index in [1.165, 1.54) is 30.1 Å². The molecule has 0 heterocycles. The quantitative estimate of drug-likeness (QED) is 0.396. The number of benzene rings is 3. The monoisotopic (exact) mass is 449 g/mol. The van der Waals surface area contributed by atoms with Gasteiger partial charge in [-0.1, -0.05) is 0 Å². The number of nitrogens with zero attached hydrogens (tertiary/aromatic N) is 3. The van der Waals surface area contributed by atoms with Crippen molar-refractivity contribution in [3.05, 3.63) is 88.0 Å². The lowest BCUT2D eigenvalue weighted by molar-refractivity contribution is -0.384. The van der Waals surface area contributed by atoms with Gasteiger partial charge in [-0.25, -0.2) is 0 Å². The van der Waals surface area contributed by atoms with Gasteiger partial charge in [0.15, 0.2) is 0 Å². The molecule has 170 valence electrons. The molecule has 0 aliphatic heterocycles. The second kappa shape index (κ2) is 9.82. The number of nitro benzene ring substituents is 1. The third-order valence-electron chi connectivity index (χ3n) is 5.15. The van der Waals surface area contributed by atoms with Gasteiger partial charge < -0.3 is 19.3 Å². The topological polar surface area (TPSA) is 102 Å². The number of rotatable bonds is 7. The molecule has 0 N–H and O–H groups in total. The number of ether oxygens (including phenoxy) is 2. The number of carbonyl (C=O) groups excluding carboxylic acids is 2. The van der Waals surface area contributed by atoms with Gasteiger partial charge in [-0.2, -0.15) is 0 Å². The molecule has 3 aromatic rings. The van der Waals surface area contributed by atoms with Gasteiger partial charge in [0, 0.05) is 48.7 Å². The molecule has 0 aliphatic carbocycles. The molecule has 9 heteroatoms. The van der Waals surface area contributed by atoms with Crippen molar-refractivity contribution in [2.75, 3.05) is 38.1 Å². The molecule has 0 aliphatic rings. The number of non-ortho nitro benzene ring substituents is 1. The maximum atomic E-state index is 13.1. The second-order valence-electron chi connectivity index (χ2n) is 7.15. The van der Waals surface area contributed by atoms with Crippen LogP contribution >= 0.6 is 0 Å². The van der Waals surface area contributed by atoms with Gasteiger partial charge in [-0.05, 0) is 54.6 Å². The van der Waals surface area contributed by atoms with E-state index in [-0.39, 0.29) is 16.8 Å². The highest BCUT2D eigenvalue weighted by molar-refractivity contribution is 6.10. The van der Waals surface area contributed by atoms with E-state index >= 15 is 0 Å². The van der Waals surface area contributed by atoms with E-state index in [0.717, 1.165) is 12.1 Å². The minimum atomic E-state index is -0.631. The highest BCUT2D eigenvalue weighted by atomic mass is 16.6. The predicted octanol–water partition coefficient (Wildman–Crippen LogP) is 4.17. The summed E-state index contributed by atoms with van der Waals surface area (Å²) < 4.78 is 10.2. The summed E-state index contributed by atoms with van der Waals surface area (Å²) in [6.07, 6.45) is 0. The average molecular weight is 449 g/mol. The zero-order valence-corrected chi connectivity index (χ0v) is 18.6. The average Bonchev–Trinajstić information content (AvgIpc) is 2.86. The largest absolute Gasteiger partial charge is 0.497 e. The first-order valence-corrected chi connectivity index (χ1v) is 9.89. The van der Waals surface area contributed by atoms with Crippen molar-refractivity contribution in [3.8, 4) is 11.5 Å². The highest BCUT2D eigenvalue weighted by Crippen LogP contribution is 2.25. The molecule has 0 atom stereocenters. The third-order valence-corrected chi connectivity index (χ3v) is 5.15. The number of hydrogen-bond acceptors (Lipinski definition) is 6. The molecule has 0 saturated heterocycles. The number of nitro groups is 1. The molecule has 0 saturated carbocycles. The fraction of sp³-hybridized carbons (Fsp3) is 0.167. The van der Waals surface area contributed by atoms with Crippen molar-refractivity contribution in [2.45, 2.75) is 0 Å². The van der Waals surface area contributed by atoms with Gasteiger partial charge in [0.2, 0.25) is 0 Å². The van der Waals surface area contributed by atoms with Gasteiger partial charge in [-0.15, -0.1) is 0 Å². The van der Waals surface area contributed by atoms with Crippen LogP contribution in [0, 0.1) is 10.1 Å². The third kappa shape index (κ3) is 5.09. The Kier molecular flexibility index (Phi) is 6.92. The Labute approximate surface area is 190 Å². The Balaban J connectivity index is 1.94. The van der Waals surface area contributed by atoms with Crippen molar-refractivity contribution in [1.82, 2.24) is 0 Å². The Morgan fingerprint density at radius 2 is 1.09 bits per heavy atom. The van der Waals surface area contributed by atoms with E-state index in [0.29, 0.717) is 22.9 Å². The predicted molar refractivity (Wildman–Crippen MR) is 125 cm³/mol. The number of carbonyl (C=O) groups is 2. The first-order valence-electron chi connectivity index (χ1n) is 9.89. The lowest BCUT2D eigenvalue weighted by Crippen LogP contribution is -2.28. The maximum Gasteiger partial charge on any atom is 0.271 e. The first-order chi connectivity index (χ1) is 15.7. The Hall–Kier alpha value is -4.40. The Morgan fingerprint density at radius 1 is 0.727 bits per heavy atom. The lowest BCUT2D eigenvalue weighted by Gasteiger charge is -2.20. The molecule has 0 radical (unpaired) electrons. The molecule has 0 spiro atoms. The van der Waals surface area contributed by atoms with Crippen LogP contribution in [0.1, 0.15) is 20.7 Å². The fourth-order valence-corrected chi connectivity index (χ4v) is 3.20. The standard InChI is InChI=1S/C24H23N3O6/c1-25(18-5-9-21(32-3)10-6-18)23(28)16-13-17(15-20(14-16)27(30)31)24(29)26(2)19-7-11-22(33-4)12-8-19/h5-15H,1-4H3. The normalized spacial score (nSPS) is 10.3. The number of anilines is 2. The summed E-state index contributed by atoms with van der Waals surface area (Å²) in [6, 6.07) is 17.2. The van der Waals surface area contributed by atoms with Crippen LogP contribution < -0.4 is 19.3 Å². The smallest absolute Gasteiger partial charge is 0.271 e. The van der Waals surface area contributed by atoms with E-state index < -0.39 is 16.7 Å². The van der Waals surface area contributed by atoms with Crippen molar-refractivity contribution in [3.63, 3.8) is 0 Å². The molecule has 33 heavy (non-hydrogen) atoms. The van der Waals surface area contributed by atoms with E-state index in [4.69, 9.17) is 9.47 Å². The molecule has 0 bridgehead atoms. The van der Waals surface area contributed by atoms with Crippen LogP contribution in [-0.2, 0) is 0 Å². The van der Waals surface area contributed by atoms with Crippen LogP contribution in [0.2, 0.25) is 0 Å². The number of hydrogen-bond donors (Lipinski definition) is 0. The zero-order chi connectivity index (χ0) is 24.1. The number of amides is 2. The van der Waals surface area contributed by atoms with E-state index in [2.05, 4.69) is 0 Å². The zero-order valence-electron chi connectivity index (χ0n) is 18.6. The summed E-state index contributed by atoms with van der Waals surface area (Å²) in [5, 5.41) is 11.5. The van der Waals surface area contributed by atoms with Crippen LogP contribution in [0.4, 0.5) is 17.1 Å². The molecule has 9 nitrogen and oxygen atoms in total. The molecular weight excluding hydrogens is 426 g/mol. The van der Waals surface area contributed by atoms with Crippen LogP contribution in [0.15, 0.2) is 66.7 Å². The summed E-state index contributed by atoms with van der Waals surface area (Å²) in [5.74, 6) is 0.267. The Morgan fingerprint density at radius 3 is 1.39 bits per heavy atom. The van der Waals surface area contributed by atoms with Gasteiger partial charge in [0.25, 0.3) is 17.5 Å². The first kappa shape index (κ1) is 23.3. The van der Waals surface area contributed by atoms with E-state index in [1.54, 1.807) is 62.6 Å². The Bertz CT molecular complexity index is 1090. The fourth-order valence-electron chi connectivity index (χ4n) is 3.20. The molecular formula is C24H23N3O6. The van der Waals surface area contributed by atoms with Crippen molar-refractivity contribution < 1.29 is 24.0 Å². The van der Waals surface area contributed by atoms with E-state index in [1.807, 2.05) is 0 Å². The lowest BCUT2D eigenvalue weighted by atomic mass is 10.1. The van der Waals surface area contributed by atoms with Crippen LogP contribution in [-0.4, -0.2) is 45.1 Å². The molecule has 0 fully saturated rings. The van der Waals surface area contributed by atoms with Crippen LogP contribution in [0.25, 0.3) is 0 Å². The van der Waals surface area contributed by atoms with Crippen molar-refractivity contribution in [2.24, 2.45) is 0 Å². The van der Waals surface area contributed by atoms with Crippen molar-refractivity contribution in [1.29, 1.82) is 0 Å². The summed E-state index contributed by atoms with van der Waals surface area (Å²) in [5.41, 5.74) is 0.824. The highest BCUT2D eigenvalue weighted by Gasteiger charge is 2.23. The van der Waals surface area contributed by atoms with Crippen LogP contribution in [0.3, 0.4) is 0 Å². The molecule has 3 aromatic carbocycles. The van der Waals surface area contributed by atoms with Gasteiger partial charge in [0.1, 0.15) is 11.5 Å².